The Labute approximate surface area is 121 Å². The van der Waals surface area contributed by atoms with Crippen molar-refractivity contribution in [2.75, 3.05) is 7.11 Å². The first-order chi connectivity index (χ1) is 9.74. The fourth-order valence-corrected chi connectivity index (χ4v) is 2.34. The van der Waals surface area contributed by atoms with Crippen LogP contribution in [0.5, 0.6) is 11.5 Å². The number of hydrogen-bond donors (Lipinski definition) is 0. The molecule has 2 heteroatoms. The Kier molecular flexibility index (Phi) is 5.05. The summed E-state index contributed by atoms with van der Waals surface area (Å²) in [5.41, 5.74) is 3.59. The Morgan fingerprint density at radius 1 is 1.05 bits per heavy atom. The standard InChI is InChI=1S/C18H22O2/c1-4-8-16-11-14(2)12-17(18(16)19-3)20-13-15-9-6-5-7-10-15/h5-7,9-12H,4,8,13H2,1-3H3. The molecule has 0 saturated carbocycles. The van der Waals surface area contributed by atoms with Crippen LogP contribution in [0.2, 0.25) is 0 Å². The summed E-state index contributed by atoms with van der Waals surface area (Å²) in [5, 5.41) is 0. The Morgan fingerprint density at radius 2 is 1.80 bits per heavy atom. The van der Waals surface area contributed by atoms with Gasteiger partial charge in [0.2, 0.25) is 0 Å². The lowest BCUT2D eigenvalue weighted by molar-refractivity contribution is 0.283. The third kappa shape index (κ3) is 3.53. The van der Waals surface area contributed by atoms with Crippen molar-refractivity contribution in [1.82, 2.24) is 0 Å². The summed E-state index contributed by atoms with van der Waals surface area (Å²) >= 11 is 0. The second-order valence-corrected chi connectivity index (χ2v) is 4.98. The number of benzene rings is 2. The van der Waals surface area contributed by atoms with Crippen LogP contribution in [0.25, 0.3) is 0 Å². The molecule has 106 valence electrons. The highest BCUT2D eigenvalue weighted by Crippen LogP contribution is 2.34. The number of hydrogen-bond acceptors (Lipinski definition) is 2. The molecule has 0 spiro atoms. The van der Waals surface area contributed by atoms with E-state index in [0.717, 1.165) is 29.9 Å². The molecule has 0 amide bonds. The van der Waals surface area contributed by atoms with Crippen molar-refractivity contribution in [2.24, 2.45) is 0 Å². The zero-order valence-electron chi connectivity index (χ0n) is 12.5. The van der Waals surface area contributed by atoms with Gasteiger partial charge in [-0.05, 0) is 36.1 Å². The molecular weight excluding hydrogens is 248 g/mol. The second kappa shape index (κ2) is 6.99. The Bertz CT molecular complexity index is 547. The minimum Gasteiger partial charge on any atom is -0.493 e. The van der Waals surface area contributed by atoms with Crippen molar-refractivity contribution in [2.45, 2.75) is 33.3 Å². The van der Waals surface area contributed by atoms with Crippen molar-refractivity contribution < 1.29 is 9.47 Å². The highest BCUT2D eigenvalue weighted by Gasteiger charge is 2.11. The van der Waals surface area contributed by atoms with Crippen LogP contribution in [-0.4, -0.2) is 7.11 Å². The van der Waals surface area contributed by atoms with Gasteiger partial charge < -0.3 is 9.47 Å². The van der Waals surface area contributed by atoms with Crippen LogP contribution in [0.1, 0.15) is 30.0 Å². The van der Waals surface area contributed by atoms with E-state index >= 15 is 0 Å². The maximum absolute atomic E-state index is 5.96. The van der Waals surface area contributed by atoms with E-state index in [2.05, 4.69) is 32.0 Å². The van der Waals surface area contributed by atoms with Crippen molar-refractivity contribution in [1.29, 1.82) is 0 Å². The number of ether oxygens (including phenoxy) is 2. The highest BCUT2D eigenvalue weighted by atomic mass is 16.5. The van der Waals surface area contributed by atoms with Crippen molar-refractivity contribution in [3.05, 3.63) is 59.2 Å². The van der Waals surface area contributed by atoms with Gasteiger partial charge >= 0.3 is 0 Å². The molecule has 2 nitrogen and oxygen atoms in total. The molecule has 20 heavy (non-hydrogen) atoms. The van der Waals surface area contributed by atoms with E-state index in [-0.39, 0.29) is 0 Å². The van der Waals surface area contributed by atoms with E-state index in [1.54, 1.807) is 7.11 Å². The maximum atomic E-state index is 5.96. The predicted octanol–water partition coefficient (Wildman–Crippen LogP) is 4.54. The summed E-state index contributed by atoms with van der Waals surface area (Å²) in [6, 6.07) is 14.4. The third-order valence-corrected chi connectivity index (χ3v) is 3.24. The molecule has 0 atom stereocenters. The molecular formula is C18H22O2. The van der Waals surface area contributed by atoms with Crippen LogP contribution in [0, 0.1) is 6.92 Å². The van der Waals surface area contributed by atoms with Crippen LogP contribution in [-0.2, 0) is 13.0 Å². The summed E-state index contributed by atoms with van der Waals surface area (Å²) in [4.78, 5) is 0. The van der Waals surface area contributed by atoms with Gasteiger partial charge in [0.25, 0.3) is 0 Å². The largest absolute Gasteiger partial charge is 0.493 e. The van der Waals surface area contributed by atoms with Gasteiger partial charge in [0.15, 0.2) is 11.5 Å². The molecule has 2 aromatic carbocycles. The zero-order valence-corrected chi connectivity index (χ0v) is 12.5. The van der Waals surface area contributed by atoms with Crippen LogP contribution in [0.3, 0.4) is 0 Å². The topological polar surface area (TPSA) is 18.5 Å². The lowest BCUT2D eigenvalue weighted by Gasteiger charge is -2.15. The molecule has 0 unspecified atom stereocenters. The molecule has 0 fully saturated rings. The summed E-state index contributed by atoms with van der Waals surface area (Å²) in [6.07, 6.45) is 2.10. The first-order valence-corrected chi connectivity index (χ1v) is 7.08. The van der Waals surface area contributed by atoms with Gasteiger partial charge in [0.05, 0.1) is 7.11 Å². The predicted molar refractivity (Wildman–Crippen MR) is 82.5 cm³/mol. The molecule has 0 aliphatic heterocycles. The summed E-state index contributed by atoms with van der Waals surface area (Å²) in [6.45, 7) is 4.83. The van der Waals surface area contributed by atoms with Gasteiger partial charge in [-0.2, -0.15) is 0 Å². The fourth-order valence-electron chi connectivity index (χ4n) is 2.34. The van der Waals surface area contributed by atoms with Gasteiger partial charge in [-0.3, -0.25) is 0 Å². The van der Waals surface area contributed by atoms with E-state index in [1.807, 2.05) is 24.3 Å². The Balaban J connectivity index is 2.21. The lowest BCUT2D eigenvalue weighted by Crippen LogP contribution is -2.01. The average Bonchev–Trinajstić information content (AvgIpc) is 2.46. The molecule has 0 radical (unpaired) electrons. The zero-order chi connectivity index (χ0) is 14.4. The van der Waals surface area contributed by atoms with Gasteiger partial charge in [-0.25, -0.2) is 0 Å². The van der Waals surface area contributed by atoms with Gasteiger partial charge in [0.1, 0.15) is 6.61 Å². The fraction of sp³-hybridized carbons (Fsp3) is 0.333. The Morgan fingerprint density at radius 3 is 2.45 bits per heavy atom. The van der Waals surface area contributed by atoms with E-state index < -0.39 is 0 Å². The minimum absolute atomic E-state index is 0.562. The normalized spacial score (nSPS) is 10.3. The summed E-state index contributed by atoms with van der Waals surface area (Å²) in [5.74, 6) is 1.70. The summed E-state index contributed by atoms with van der Waals surface area (Å²) < 4.78 is 11.5. The van der Waals surface area contributed by atoms with Gasteiger partial charge in [-0.1, -0.05) is 49.7 Å². The highest BCUT2D eigenvalue weighted by molar-refractivity contribution is 5.49. The minimum atomic E-state index is 0.562. The third-order valence-electron chi connectivity index (χ3n) is 3.24. The Hall–Kier alpha value is -1.96. The van der Waals surface area contributed by atoms with Gasteiger partial charge in [0, 0.05) is 0 Å². The molecule has 0 aromatic heterocycles. The van der Waals surface area contributed by atoms with Crippen LogP contribution in [0.4, 0.5) is 0 Å². The molecule has 0 aliphatic rings. The molecule has 0 N–H and O–H groups in total. The van der Waals surface area contributed by atoms with Crippen LogP contribution in [0.15, 0.2) is 42.5 Å². The van der Waals surface area contributed by atoms with Crippen molar-refractivity contribution >= 4 is 0 Å². The van der Waals surface area contributed by atoms with Gasteiger partial charge in [-0.15, -0.1) is 0 Å². The maximum Gasteiger partial charge on any atom is 0.163 e. The monoisotopic (exact) mass is 270 g/mol. The number of aryl methyl sites for hydroxylation is 2. The van der Waals surface area contributed by atoms with E-state index in [1.165, 1.54) is 11.1 Å². The SMILES string of the molecule is CCCc1cc(C)cc(OCc2ccccc2)c1OC. The smallest absolute Gasteiger partial charge is 0.163 e. The van der Waals surface area contributed by atoms with Crippen LogP contribution < -0.4 is 9.47 Å². The van der Waals surface area contributed by atoms with Crippen LogP contribution >= 0.6 is 0 Å². The molecule has 0 bridgehead atoms. The molecule has 0 saturated heterocycles. The van der Waals surface area contributed by atoms with E-state index in [0.29, 0.717) is 6.61 Å². The molecule has 0 heterocycles. The number of rotatable bonds is 6. The molecule has 0 aliphatic carbocycles. The van der Waals surface area contributed by atoms with Crippen molar-refractivity contribution in [3.63, 3.8) is 0 Å². The lowest BCUT2D eigenvalue weighted by atomic mass is 10.1. The van der Waals surface area contributed by atoms with E-state index in [4.69, 9.17) is 9.47 Å². The molecule has 2 aromatic rings. The number of methoxy groups -OCH3 is 1. The first kappa shape index (κ1) is 14.4. The van der Waals surface area contributed by atoms with E-state index in [9.17, 15) is 0 Å². The van der Waals surface area contributed by atoms with Crippen molar-refractivity contribution in [3.8, 4) is 11.5 Å². The average molecular weight is 270 g/mol. The molecule has 2 rings (SSSR count). The quantitative estimate of drug-likeness (QED) is 0.767. The summed E-state index contributed by atoms with van der Waals surface area (Å²) in [7, 11) is 1.71. The first-order valence-electron chi connectivity index (χ1n) is 7.08. The second-order valence-electron chi connectivity index (χ2n) is 4.98.